The fourth-order valence-corrected chi connectivity index (χ4v) is 1.73. The van der Waals surface area contributed by atoms with Crippen molar-refractivity contribution in [1.82, 2.24) is 5.32 Å². The zero-order valence-corrected chi connectivity index (χ0v) is 10.7. The third kappa shape index (κ3) is 3.20. The molecule has 2 aromatic rings. The summed E-state index contributed by atoms with van der Waals surface area (Å²) in [6, 6.07) is 8.62. The molecule has 19 heavy (non-hydrogen) atoms. The predicted molar refractivity (Wildman–Crippen MR) is 73.1 cm³/mol. The van der Waals surface area contributed by atoms with Crippen molar-refractivity contribution in [3.8, 4) is 0 Å². The van der Waals surface area contributed by atoms with Gasteiger partial charge in [-0.1, -0.05) is 18.2 Å². The first-order valence-corrected chi connectivity index (χ1v) is 6.14. The predicted octanol–water partition coefficient (Wildman–Crippen LogP) is 1.26. The second-order valence-corrected chi connectivity index (χ2v) is 4.51. The average molecular weight is 260 g/mol. The first kappa shape index (κ1) is 13.3. The maximum Gasteiger partial charge on any atom is 0.349 e. The van der Waals surface area contributed by atoms with Crippen LogP contribution in [0.15, 0.2) is 39.5 Å². The summed E-state index contributed by atoms with van der Waals surface area (Å²) in [5, 5.41) is 3.38. The molecule has 0 radical (unpaired) electrons. The molecule has 5 nitrogen and oxygen atoms in total. The van der Waals surface area contributed by atoms with E-state index >= 15 is 0 Å². The number of carbonyl (C=O) groups excluding carboxylic acids is 1. The maximum absolute atomic E-state index is 11.9. The molecule has 1 aromatic heterocycles. The van der Waals surface area contributed by atoms with Crippen molar-refractivity contribution in [3.05, 3.63) is 46.3 Å². The van der Waals surface area contributed by atoms with E-state index in [-0.39, 0.29) is 11.6 Å². The number of carbonyl (C=O) groups is 1. The van der Waals surface area contributed by atoms with Gasteiger partial charge in [0.15, 0.2) is 0 Å². The molecular formula is C14H16N2O3. The molecule has 1 aromatic carbocycles. The molecule has 1 amide bonds. The molecule has 0 spiro atoms. The largest absolute Gasteiger partial charge is 0.422 e. The first-order chi connectivity index (χ1) is 9.08. The third-order valence-corrected chi connectivity index (χ3v) is 2.77. The molecule has 0 aliphatic carbocycles. The van der Waals surface area contributed by atoms with Crippen molar-refractivity contribution in [2.75, 3.05) is 6.54 Å². The minimum absolute atomic E-state index is 0.00770. The molecule has 2 rings (SSSR count). The number of para-hydroxylation sites is 1. The molecular weight excluding hydrogens is 244 g/mol. The van der Waals surface area contributed by atoms with Crippen LogP contribution in [0.25, 0.3) is 11.0 Å². The van der Waals surface area contributed by atoms with Gasteiger partial charge >= 0.3 is 5.63 Å². The Bertz CT molecular complexity index is 646. The zero-order chi connectivity index (χ0) is 13.8. The number of nitrogens with two attached hydrogens (primary N) is 1. The zero-order valence-electron chi connectivity index (χ0n) is 10.7. The van der Waals surface area contributed by atoms with Crippen LogP contribution in [0.2, 0.25) is 0 Å². The second kappa shape index (κ2) is 5.67. The van der Waals surface area contributed by atoms with E-state index in [1.54, 1.807) is 24.3 Å². The van der Waals surface area contributed by atoms with Crippen LogP contribution in [-0.4, -0.2) is 18.5 Å². The maximum atomic E-state index is 11.9. The van der Waals surface area contributed by atoms with Crippen molar-refractivity contribution in [3.63, 3.8) is 0 Å². The molecule has 1 heterocycles. The van der Waals surface area contributed by atoms with Crippen LogP contribution in [0.3, 0.4) is 0 Å². The molecule has 3 N–H and O–H groups in total. The number of fused-ring (bicyclic) bond motifs is 1. The number of hydrogen-bond acceptors (Lipinski definition) is 4. The summed E-state index contributed by atoms with van der Waals surface area (Å²) in [7, 11) is 0. The van der Waals surface area contributed by atoms with Crippen LogP contribution in [0.4, 0.5) is 0 Å². The molecule has 0 bridgehead atoms. The first-order valence-electron chi connectivity index (χ1n) is 6.14. The molecule has 0 aliphatic heterocycles. The minimum Gasteiger partial charge on any atom is -0.422 e. The monoisotopic (exact) mass is 260 g/mol. The van der Waals surface area contributed by atoms with Gasteiger partial charge in [-0.2, -0.15) is 0 Å². The summed E-state index contributed by atoms with van der Waals surface area (Å²) in [5.41, 5.74) is 5.45. The van der Waals surface area contributed by atoms with Crippen LogP contribution < -0.4 is 16.7 Å². The Hall–Kier alpha value is -2.14. The van der Waals surface area contributed by atoms with Gasteiger partial charge in [0.1, 0.15) is 11.1 Å². The standard InChI is InChI=1S/C14H16N2O3/c1-9(15)6-7-16-13(17)11-8-10-4-2-3-5-12(10)19-14(11)18/h2-5,8-9H,6-7,15H2,1H3,(H,16,17). The highest BCUT2D eigenvalue weighted by Gasteiger charge is 2.13. The Morgan fingerprint density at radius 2 is 2.16 bits per heavy atom. The number of rotatable bonds is 4. The van der Waals surface area contributed by atoms with E-state index in [9.17, 15) is 9.59 Å². The van der Waals surface area contributed by atoms with Crippen molar-refractivity contribution < 1.29 is 9.21 Å². The summed E-state index contributed by atoms with van der Waals surface area (Å²) >= 11 is 0. The number of benzene rings is 1. The topological polar surface area (TPSA) is 85.3 Å². The average Bonchev–Trinajstić information content (AvgIpc) is 2.37. The van der Waals surface area contributed by atoms with Crippen LogP contribution >= 0.6 is 0 Å². The van der Waals surface area contributed by atoms with Crippen LogP contribution in [-0.2, 0) is 0 Å². The Morgan fingerprint density at radius 1 is 1.42 bits per heavy atom. The summed E-state index contributed by atoms with van der Waals surface area (Å²) in [6.45, 7) is 2.29. The summed E-state index contributed by atoms with van der Waals surface area (Å²) in [4.78, 5) is 23.6. The van der Waals surface area contributed by atoms with E-state index in [1.807, 2.05) is 13.0 Å². The quantitative estimate of drug-likeness (QED) is 0.810. The van der Waals surface area contributed by atoms with Gasteiger partial charge in [0.2, 0.25) is 0 Å². The van der Waals surface area contributed by atoms with Crippen LogP contribution in [0.5, 0.6) is 0 Å². The van der Waals surface area contributed by atoms with Gasteiger partial charge in [-0.25, -0.2) is 4.79 Å². The lowest BCUT2D eigenvalue weighted by Crippen LogP contribution is -2.31. The van der Waals surface area contributed by atoms with Gasteiger partial charge in [0, 0.05) is 18.0 Å². The van der Waals surface area contributed by atoms with E-state index in [2.05, 4.69) is 5.32 Å². The SMILES string of the molecule is CC(N)CCNC(=O)c1cc2ccccc2oc1=O. The lowest BCUT2D eigenvalue weighted by atomic mass is 10.1. The van der Waals surface area contributed by atoms with E-state index in [0.29, 0.717) is 18.5 Å². The summed E-state index contributed by atoms with van der Waals surface area (Å²) in [5.74, 6) is -0.430. The van der Waals surface area contributed by atoms with Gasteiger partial charge in [-0.15, -0.1) is 0 Å². The van der Waals surface area contributed by atoms with E-state index < -0.39 is 11.5 Å². The molecule has 1 unspecified atom stereocenters. The smallest absolute Gasteiger partial charge is 0.349 e. The fourth-order valence-electron chi connectivity index (χ4n) is 1.73. The lowest BCUT2D eigenvalue weighted by Gasteiger charge is -2.07. The van der Waals surface area contributed by atoms with Gasteiger partial charge in [-0.05, 0) is 25.5 Å². The number of amides is 1. The van der Waals surface area contributed by atoms with Crippen molar-refractivity contribution in [2.24, 2.45) is 5.73 Å². The molecule has 1 atom stereocenters. The minimum atomic E-state index is -0.628. The van der Waals surface area contributed by atoms with Gasteiger partial charge in [0.25, 0.3) is 5.91 Å². The Balaban J connectivity index is 2.22. The van der Waals surface area contributed by atoms with Crippen LogP contribution in [0, 0.1) is 0 Å². The molecule has 0 saturated carbocycles. The molecule has 5 heteroatoms. The lowest BCUT2D eigenvalue weighted by molar-refractivity contribution is 0.0949. The normalized spacial score (nSPS) is 12.3. The highest BCUT2D eigenvalue weighted by atomic mass is 16.4. The van der Waals surface area contributed by atoms with E-state index in [4.69, 9.17) is 10.2 Å². The van der Waals surface area contributed by atoms with Gasteiger partial charge in [-0.3, -0.25) is 4.79 Å². The van der Waals surface area contributed by atoms with Crippen molar-refractivity contribution in [2.45, 2.75) is 19.4 Å². The number of nitrogens with one attached hydrogen (secondary N) is 1. The highest BCUT2D eigenvalue weighted by Crippen LogP contribution is 2.12. The van der Waals surface area contributed by atoms with Crippen molar-refractivity contribution >= 4 is 16.9 Å². The second-order valence-electron chi connectivity index (χ2n) is 4.51. The summed E-state index contributed by atoms with van der Waals surface area (Å²) in [6.07, 6.45) is 0.657. The van der Waals surface area contributed by atoms with Gasteiger partial charge in [0.05, 0.1) is 0 Å². The van der Waals surface area contributed by atoms with Crippen LogP contribution in [0.1, 0.15) is 23.7 Å². The summed E-state index contributed by atoms with van der Waals surface area (Å²) < 4.78 is 5.10. The van der Waals surface area contributed by atoms with Gasteiger partial charge < -0.3 is 15.5 Å². The fraction of sp³-hybridized carbons (Fsp3) is 0.286. The van der Waals surface area contributed by atoms with E-state index in [0.717, 1.165) is 5.39 Å². The Labute approximate surface area is 110 Å². The van der Waals surface area contributed by atoms with Crippen molar-refractivity contribution in [1.29, 1.82) is 0 Å². The molecule has 0 aliphatic rings. The third-order valence-electron chi connectivity index (χ3n) is 2.77. The Morgan fingerprint density at radius 3 is 2.89 bits per heavy atom. The van der Waals surface area contributed by atoms with E-state index in [1.165, 1.54) is 0 Å². The highest BCUT2D eigenvalue weighted by molar-refractivity contribution is 5.96. The molecule has 0 saturated heterocycles. The Kier molecular flexibility index (Phi) is 3.97. The molecule has 100 valence electrons. The number of hydrogen-bond donors (Lipinski definition) is 2. The molecule has 0 fully saturated rings.